The van der Waals surface area contributed by atoms with E-state index in [0.29, 0.717) is 12.1 Å². The zero-order valence-electron chi connectivity index (χ0n) is 9.01. The summed E-state index contributed by atoms with van der Waals surface area (Å²) in [4.78, 5) is 2.48. The Labute approximate surface area is 77.1 Å². The van der Waals surface area contributed by atoms with Gasteiger partial charge in [0.25, 0.3) is 0 Å². The Balaban J connectivity index is 3.90. The van der Waals surface area contributed by atoms with Crippen LogP contribution in [0.5, 0.6) is 0 Å². The highest BCUT2D eigenvalue weighted by Gasteiger charge is 2.14. The molecule has 1 atom stereocenters. The summed E-state index contributed by atoms with van der Waals surface area (Å²) in [5.41, 5.74) is 5.56. The van der Waals surface area contributed by atoms with Crippen molar-refractivity contribution in [2.75, 3.05) is 13.1 Å². The van der Waals surface area contributed by atoms with Crippen LogP contribution in [0.4, 0.5) is 0 Å². The molecule has 0 aromatic carbocycles. The van der Waals surface area contributed by atoms with Gasteiger partial charge in [-0.1, -0.05) is 13.3 Å². The van der Waals surface area contributed by atoms with Crippen molar-refractivity contribution in [2.24, 2.45) is 5.73 Å². The van der Waals surface area contributed by atoms with Gasteiger partial charge in [-0.15, -0.1) is 0 Å². The molecular weight excluding hydrogens is 148 g/mol. The molecule has 0 amide bonds. The molecule has 0 rings (SSSR count). The molecule has 0 aromatic heterocycles. The third kappa shape index (κ3) is 4.07. The van der Waals surface area contributed by atoms with E-state index in [1.165, 1.54) is 12.8 Å². The molecule has 0 radical (unpaired) electrons. The van der Waals surface area contributed by atoms with E-state index in [-0.39, 0.29) is 0 Å². The summed E-state index contributed by atoms with van der Waals surface area (Å²) >= 11 is 0. The summed E-state index contributed by atoms with van der Waals surface area (Å²) in [6.45, 7) is 10.8. The SMILES string of the molecule is CCCC(C)N(CCN)C(C)C. The van der Waals surface area contributed by atoms with E-state index in [1.54, 1.807) is 0 Å². The molecule has 0 bridgehead atoms. The van der Waals surface area contributed by atoms with Crippen LogP contribution in [0.15, 0.2) is 0 Å². The number of hydrogen-bond acceptors (Lipinski definition) is 2. The molecule has 0 spiro atoms. The largest absolute Gasteiger partial charge is 0.329 e. The Morgan fingerprint density at radius 2 is 1.83 bits per heavy atom. The average Bonchev–Trinajstić information content (AvgIpc) is 1.99. The van der Waals surface area contributed by atoms with Gasteiger partial charge >= 0.3 is 0 Å². The lowest BCUT2D eigenvalue weighted by Crippen LogP contribution is -2.41. The van der Waals surface area contributed by atoms with Crippen molar-refractivity contribution in [3.63, 3.8) is 0 Å². The highest BCUT2D eigenvalue weighted by atomic mass is 15.2. The molecule has 0 aliphatic rings. The van der Waals surface area contributed by atoms with Gasteiger partial charge in [-0.3, -0.25) is 4.90 Å². The second-order valence-corrected chi connectivity index (χ2v) is 3.76. The van der Waals surface area contributed by atoms with E-state index in [0.717, 1.165) is 13.1 Å². The fraction of sp³-hybridized carbons (Fsp3) is 1.00. The normalized spacial score (nSPS) is 14.2. The van der Waals surface area contributed by atoms with Gasteiger partial charge in [-0.2, -0.15) is 0 Å². The first-order valence-electron chi connectivity index (χ1n) is 5.09. The van der Waals surface area contributed by atoms with Gasteiger partial charge in [-0.25, -0.2) is 0 Å². The summed E-state index contributed by atoms with van der Waals surface area (Å²) in [5.74, 6) is 0. The van der Waals surface area contributed by atoms with Crippen molar-refractivity contribution >= 4 is 0 Å². The molecule has 2 heteroatoms. The Morgan fingerprint density at radius 3 is 2.17 bits per heavy atom. The Kier molecular flexibility index (Phi) is 6.39. The summed E-state index contributed by atoms with van der Waals surface area (Å²) in [6, 6.07) is 1.30. The van der Waals surface area contributed by atoms with Crippen LogP contribution in [0, 0.1) is 0 Å². The van der Waals surface area contributed by atoms with Crippen LogP contribution in [-0.4, -0.2) is 30.1 Å². The number of nitrogens with zero attached hydrogens (tertiary/aromatic N) is 1. The molecule has 0 saturated carbocycles. The van der Waals surface area contributed by atoms with Gasteiger partial charge in [-0.05, 0) is 27.2 Å². The first-order chi connectivity index (χ1) is 5.63. The van der Waals surface area contributed by atoms with Crippen LogP contribution < -0.4 is 5.73 Å². The maximum absolute atomic E-state index is 5.56. The lowest BCUT2D eigenvalue weighted by Gasteiger charge is -2.32. The minimum Gasteiger partial charge on any atom is -0.329 e. The molecule has 0 fully saturated rings. The first kappa shape index (κ1) is 11.9. The van der Waals surface area contributed by atoms with Crippen LogP contribution in [0.3, 0.4) is 0 Å². The zero-order valence-corrected chi connectivity index (χ0v) is 9.01. The fourth-order valence-corrected chi connectivity index (χ4v) is 1.72. The van der Waals surface area contributed by atoms with E-state index >= 15 is 0 Å². The van der Waals surface area contributed by atoms with Gasteiger partial charge in [0, 0.05) is 25.2 Å². The quantitative estimate of drug-likeness (QED) is 0.662. The highest BCUT2D eigenvalue weighted by molar-refractivity contribution is 4.70. The van der Waals surface area contributed by atoms with Gasteiger partial charge in [0.1, 0.15) is 0 Å². The molecule has 0 aliphatic heterocycles. The standard InChI is InChI=1S/C10H24N2/c1-5-6-10(4)12(8-7-11)9(2)3/h9-10H,5-8,11H2,1-4H3. The van der Waals surface area contributed by atoms with Gasteiger partial charge in [0.05, 0.1) is 0 Å². The van der Waals surface area contributed by atoms with E-state index in [1.807, 2.05) is 0 Å². The monoisotopic (exact) mass is 172 g/mol. The average molecular weight is 172 g/mol. The Bertz CT molecular complexity index is 102. The minimum atomic E-state index is 0.620. The predicted molar refractivity (Wildman–Crippen MR) is 55.3 cm³/mol. The van der Waals surface area contributed by atoms with E-state index in [2.05, 4.69) is 32.6 Å². The molecule has 74 valence electrons. The molecule has 0 saturated heterocycles. The smallest absolute Gasteiger partial charge is 0.0110 e. The molecular formula is C10H24N2. The van der Waals surface area contributed by atoms with E-state index < -0.39 is 0 Å². The van der Waals surface area contributed by atoms with Crippen molar-refractivity contribution in [1.29, 1.82) is 0 Å². The van der Waals surface area contributed by atoms with Crippen molar-refractivity contribution in [2.45, 2.75) is 52.6 Å². The lowest BCUT2D eigenvalue weighted by atomic mass is 10.1. The Hall–Kier alpha value is -0.0800. The van der Waals surface area contributed by atoms with Crippen LogP contribution >= 0.6 is 0 Å². The van der Waals surface area contributed by atoms with Crippen LogP contribution in [-0.2, 0) is 0 Å². The maximum Gasteiger partial charge on any atom is 0.0110 e. The van der Waals surface area contributed by atoms with Crippen molar-refractivity contribution in [3.05, 3.63) is 0 Å². The molecule has 0 heterocycles. The van der Waals surface area contributed by atoms with Crippen LogP contribution in [0.1, 0.15) is 40.5 Å². The molecule has 2 nitrogen and oxygen atoms in total. The van der Waals surface area contributed by atoms with Gasteiger partial charge in [0.15, 0.2) is 0 Å². The second-order valence-electron chi connectivity index (χ2n) is 3.76. The zero-order chi connectivity index (χ0) is 9.56. The van der Waals surface area contributed by atoms with Gasteiger partial charge < -0.3 is 5.73 Å². The highest BCUT2D eigenvalue weighted by Crippen LogP contribution is 2.09. The summed E-state index contributed by atoms with van der Waals surface area (Å²) < 4.78 is 0. The fourth-order valence-electron chi connectivity index (χ4n) is 1.72. The summed E-state index contributed by atoms with van der Waals surface area (Å²) in [5, 5.41) is 0. The topological polar surface area (TPSA) is 29.3 Å². The van der Waals surface area contributed by atoms with Crippen LogP contribution in [0.25, 0.3) is 0 Å². The van der Waals surface area contributed by atoms with Crippen molar-refractivity contribution in [1.82, 2.24) is 4.90 Å². The predicted octanol–water partition coefficient (Wildman–Crippen LogP) is 1.84. The van der Waals surface area contributed by atoms with E-state index in [4.69, 9.17) is 5.73 Å². The second kappa shape index (κ2) is 6.44. The molecule has 2 N–H and O–H groups in total. The summed E-state index contributed by atoms with van der Waals surface area (Å²) in [6.07, 6.45) is 2.53. The summed E-state index contributed by atoms with van der Waals surface area (Å²) in [7, 11) is 0. The first-order valence-corrected chi connectivity index (χ1v) is 5.09. The molecule has 1 unspecified atom stereocenters. The third-order valence-corrected chi connectivity index (χ3v) is 2.32. The maximum atomic E-state index is 5.56. The van der Waals surface area contributed by atoms with E-state index in [9.17, 15) is 0 Å². The molecule has 0 aliphatic carbocycles. The van der Waals surface area contributed by atoms with Crippen LogP contribution in [0.2, 0.25) is 0 Å². The van der Waals surface area contributed by atoms with Crippen molar-refractivity contribution < 1.29 is 0 Å². The molecule has 12 heavy (non-hydrogen) atoms. The number of hydrogen-bond donors (Lipinski definition) is 1. The minimum absolute atomic E-state index is 0.620. The molecule has 0 aromatic rings. The van der Waals surface area contributed by atoms with Gasteiger partial charge in [0.2, 0.25) is 0 Å². The number of rotatable bonds is 6. The van der Waals surface area contributed by atoms with Crippen molar-refractivity contribution in [3.8, 4) is 0 Å². The lowest BCUT2D eigenvalue weighted by molar-refractivity contribution is 0.161. The Morgan fingerprint density at radius 1 is 1.25 bits per heavy atom. The third-order valence-electron chi connectivity index (χ3n) is 2.32. The number of nitrogens with two attached hydrogens (primary N) is 1.